The fraction of sp³-hybridized carbons (Fsp3) is 0.400. The average molecular weight is 198 g/mol. The molecule has 0 amide bonds. The van der Waals surface area contributed by atoms with Gasteiger partial charge in [-0.3, -0.25) is 0 Å². The van der Waals surface area contributed by atoms with Crippen LogP contribution in [0.2, 0.25) is 0 Å². The van der Waals surface area contributed by atoms with Gasteiger partial charge in [0.05, 0.1) is 4.90 Å². The summed E-state index contributed by atoms with van der Waals surface area (Å²) >= 11 is -1.85. The summed E-state index contributed by atoms with van der Waals surface area (Å²) in [6, 6.07) is 5.65. The highest BCUT2D eigenvalue weighted by atomic mass is 32.2. The Bertz CT molecular complexity index is 321. The third-order valence-electron chi connectivity index (χ3n) is 2.10. The quantitative estimate of drug-likeness (QED) is 0.757. The molecule has 0 saturated heterocycles. The highest BCUT2D eigenvalue weighted by molar-refractivity contribution is 7.79. The van der Waals surface area contributed by atoms with Crippen molar-refractivity contribution in [2.24, 2.45) is 0 Å². The van der Waals surface area contributed by atoms with Gasteiger partial charge in [0.2, 0.25) is 0 Å². The van der Waals surface area contributed by atoms with Gasteiger partial charge in [0.25, 0.3) is 0 Å². The van der Waals surface area contributed by atoms with Crippen LogP contribution < -0.4 is 0 Å². The Morgan fingerprint density at radius 2 is 2.00 bits per heavy atom. The van der Waals surface area contributed by atoms with Gasteiger partial charge in [0.15, 0.2) is 11.1 Å². The predicted octanol–water partition coefficient (Wildman–Crippen LogP) is 2.39. The molecule has 0 aliphatic carbocycles. The molecule has 1 aromatic carbocycles. The Morgan fingerprint density at radius 1 is 1.31 bits per heavy atom. The number of rotatable bonds is 3. The van der Waals surface area contributed by atoms with E-state index in [-0.39, 0.29) is 0 Å². The van der Waals surface area contributed by atoms with E-state index in [0.29, 0.717) is 4.90 Å². The van der Waals surface area contributed by atoms with Crippen molar-refractivity contribution in [2.75, 3.05) is 0 Å². The van der Waals surface area contributed by atoms with E-state index in [4.69, 9.17) is 4.55 Å². The minimum absolute atomic E-state index is 0.541. The first-order valence-corrected chi connectivity index (χ1v) is 5.52. The van der Waals surface area contributed by atoms with Crippen molar-refractivity contribution in [1.82, 2.24) is 0 Å². The Kier molecular flexibility index (Phi) is 3.63. The van der Waals surface area contributed by atoms with Gasteiger partial charge in [-0.05, 0) is 30.0 Å². The maximum absolute atomic E-state index is 10.9. The summed E-state index contributed by atoms with van der Waals surface area (Å²) in [6.45, 7) is 4.06. The van der Waals surface area contributed by atoms with Crippen LogP contribution in [-0.4, -0.2) is 8.76 Å². The Balaban J connectivity index is 3.15. The van der Waals surface area contributed by atoms with Gasteiger partial charge in [0, 0.05) is 0 Å². The molecule has 1 unspecified atom stereocenters. The van der Waals surface area contributed by atoms with Gasteiger partial charge in [0.1, 0.15) is 0 Å². The summed E-state index contributed by atoms with van der Waals surface area (Å²) in [7, 11) is 0. The van der Waals surface area contributed by atoms with Gasteiger partial charge in [-0.1, -0.05) is 26.0 Å². The first-order valence-electron chi connectivity index (χ1n) is 4.41. The molecule has 3 heteroatoms. The topological polar surface area (TPSA) is 37.3 Å². The summed E-state index contributed by atoms with van der Waals surface area (Å²) < 4.78 is 19.9. The molecule has 0 bridgehead atoms. The van der Waals surface area contributed by atoms with Crippen LogP contribution in [0.1, 0.15) is 25.0 Å². The summed E-state index contributed by atoms with van der Waals surface area (Å²) in [4.78, 5) is 0.541. The zero-order valence-corrected chi connectivity index (χ0v) is 8.73. The summed E-state index contributed by atoms with van der Waals surface area (Å²) in [5, 5.41) is 0. The molecule has 0 fully saturated rings. The minimum Gasteiger partial charge on any atom is -0.302 e. The minimum atomic E-state index is -1.85. The Labute approximate surface area is 81.3 Å². The van der Waals surface area contributed by atoms with Crippen LogP contribution in [0.15, 0.2) is 23.1 Å². The van der Waals surface area contributed by atoms with Crippen molar-refractivity contribution >= 4 is 11.1 Å². The molecule has 2 nitrogen and oxygen atoms in total. The smallest absolute Gasteiger partial charge is 0.186 e. The molecule has 0 aromatic heterocycles. The van der Waals surface area contributed by atoms with Gasteiger partial charge >= 0.3 is 0 Å². The van der Waals surface area contributed by atoms with Crippen molar-refractivity contribution in [3.63, 3.8) is 0 Å². The lowest BCUT2D eigenvalue weighted by Gasteiger charge is -2.05. The normalized spacial score (nSPS) is 12.8. The zero-order valence-electron chi connectivity index (χ0n) is 7.91. The highest BCUT2D eigenvalue weighted by Crippen LogP contribution is 2.16. The molecule has 0 spiro atoms. The monoisotopic (exact) mass is 198 g/mol. The number of benzene rings is 1. The van der Waals surface area contributed by atoms with Crippen LogP contribution in [0.5, 0.6) is 0 Å². The average Bonchev–Trinajstić information content (AvgIpc) is 2.16. The molecule has 1 N–H and O–H groups in total. The molecule has 0 saturated carbocycles. The van der Waals surface area contributed by atoms with Crippen molar-refractivity contribution < 1.29 is 8.76 Å². The van der Waals surface area contributed by atoms with Crippen LogP contribution in [-0.2, 0) is 23.9 Å². The third kappa shape index (κ3) is 2.39. The van der Waals surface area contributed by atoms with Crippen molar-refractivity contribution in [2.45, 2.75) is 31.6 Å². The van der Waals surface area contributed by atoms with Gasteiger partial charge < -0.3 is 4.55 Å². The van der Waals surface area contributed by atoms with E-state index in [1.807, 2.05) is 19.1 Å². The first kappa shape index (κ1) is 10.4. The Morgan fingerprint density at radius 3 is 2.46 bits per heavy atom. The van der Waals surface area contributed by atoms with Crippen LogP contribution in [0.4, 0.5) is 0 Å². The van der Waals surface area contributed by atoms with Gasteiger partial charge in [-0.2, -0.15) is 0 Å². The van der Waals surface area contributed by atoms with E-state index < -0.39 is 11.1 Å². The van der Waals surface area contributed by atoms with Gasteiger partial charge in [-0.15, -0.1) is 0 Å². The molecule has 13 heavy (non-hydrogen) atoms. The summed E-state index contributed by atoms with van der Waals surface area (Å²) in [6.07, 6.45) is 1.76. The molecular weight excluding hydrogens is 184 g/mol. The first-order chi connectivity index (χ1) is 6.19. The molecule has 72 valence electrons. The summed E-state index contributed by atoms with van der Waals surface area (Å²) in [5.74, 6) is 0. The summed E-state index contributed by atoms with van der Waals surface area (Å²) in [5.41, 5.74) is 2.19. The van der Waals surface area contributed by atoms with Crippen molar-refractivity contribution in [3.05, 3.63) is 29.3 Å². The zero-order chi connectivity index (χ0) is 9.84. The van der Waals surface area contributed by atoms with Crippen LogP contribution in [0.25, 0.3) is 0 Å². The third-order valence-corrected chi connectivity index (χ3v) is 2.88. The van der Waals surface area contributed by atoms with Crippen LogP contribution >= 0.6 is 0 Å². The van der Waals surface area contributed by atoms with E-state index in [9.17, 15) is 4.21 Å². The van der Waals surface area contributed by atoms with Crippen LogP contribution in [0, 0.1) is 0 Å². The fourth-order valence-corrected chi connectivity index (χ4v) is 1.91. The Hall–Kier alpha value is -0.670. The fourth-order valence-electron chi connectivity index (χ4n) is 1.30. The number of hydrogen-bond acceptors (Lipinski definition) is 1. The molecule has 0 heterocycles. The van der Waals surface area contributed by atoms with E-state index in [0.717, 1.165) is 18.4 Å². The molecular formula is C10H14O2S. The van der Waals surface area contributed by atoms with Crippen molar-refractivity contribution in [1.29, 1.82) is 0 Å². The second kappa shape index (κ2) is 4.53. The maximum atomic E-state index is 10.9. The number of hydrogen-bond donors (Lipinski definition) is 1. The second-order valence-electron chi connectivity index (χ2n) is 2.90. The van der Waals surface area contributed by atoms with E-state index >= 15 is 0 Å². The molecule has 0 radical (unpaired) electrons. The maximum Gasteiger partial charge on any atom is 0.186 e. The largest absolute Gasteiger partial charge is 0.302 e. The molecule has 0 aliphatic rings. The van der Waals surface area contributed by atoms with Crippen molar-refractivity contribution in [3.8, 4) is 0 Å². The van der Waals surface area contributed by atoms with E-state index in [1.54, 1.807) is 6.07 Å². The molecule has 1 rings (SSSR count). The highest BCUT2D eigenvalue weighted by Gasteiger charge is 2.06. The molecule has 1 aromatic rings. The van der Waals surface area contributed by atoms with Crippen LogP contribution in [0.3, 0.4) is 0 Å². The van der Waals surface area contributed by atoms with E-state index in [2.05, 4.69) is 6.92 Å². The SMILES string of the molecule is CCc1ccc(S(=O)O)c(CC)c1. The number of aryl methyl sites for hydroxylation is 2. The second-order valence-corrected chi connectivity index (χ2v) is 3.84. The lowest BCUT2D eigenvalue weighted by Crippen LogP contribution is -1.96. The van der Waals surface area contributed by atoms with Gasteiger partial charge in [-0.25, -0.2) is 4.21 Å². The molecule has 1 atom stereocenters. The lowest BCUT2D eigenvalue weighted by atomic mass is 10.1. The molecule has 0 aliphatic heterocycles. The lowest BCUT2D eigenvalue weighted by molar-refractivity contribution is 0.563. The predicted molar refractivity (Wildman–Crippen MR) is 54.2 cm³/mol. The van der Waals surface area contributed by atoms with E-state index in [1.165, 1.54) is 5.56 Å². The standard InChI is InChI=1S/C10H14O2S/c1-3-8-5-6-10(13(11)12)9(4-2)7-8/h5-7H,3-4H2,1-2H3,(H,11,12).